The number of carbonyl (C=O) groups is 1. The van der Waals surface area contributed by atoms with E-state index < -0.39 is 21.5 Å². The Morgan fingerprint density at radius 1 is 1.48 bits per heavy atom. The topological polar surface area (TPSA) is 92.5 Å². The van der Waals surface area contributed by atoms with Crippen molar-refractivity contribution in [2.45, 2.75) is 49.1 Å². The van der Waals surface area contributed by atoms with Crippen molar-refractivity contribution in [3.8, 4) is 0 Å². The lowest BCUT2D eigenvalue weighted by molar-refractivity contribution is -0.146. The molecule has 1 aromatic heterocycles. The highest BCUT2D eigenvalue weighted by Gasteiger charge is 2.50. The average Bonchev–Trinajstić information content (AvgIpc) is 3.05. The van der Waals surface area contributed by atoms with Crippen LogP contribution in [0.4, 0.5) is 0 Å². The summed E-state index contributed by atoms with van der Waals surface area (Å²) >= 11 is 0. The molecular weight excluding hydrogens is 294 g/mol. The fourth-order valence-electron chi connectivity index (χ4n) is 2.94. The van der Waals surface area contributed by atoms with Crippen molar-refractivity contribution in [1.82, 2.24) is 14.1 Å². The first-order valence-corrected chi connectivity index (χ1v) is 8.51. The van der Waals surface area contributed by atoms with Crippen molar-refractivity contribution in [3.05, 3.63) is 11.8 Å². The number of aromatic nitrogens is 2. The first-order valence-electron chi connectivity index (χ1n) is 7.07. The highest BCUT2D eigenvalue weighted by Crippen LogP contribution is 2.41. The summed E-state index contributed by atoms with van der Waals surface area (Å²) in [5.41, 5.74) is -0.588. The highest BCUT2D eigenvalue weighted by atomic mass is 32.2. The molecule has 1 atom stereocenters. The van der Waals surface area contributed by atoms with Crippen LogP contribution in [0.2, 0.25) is 0 Å². The first kappa shape index (κ1) is 14.5. The van der Waals surface area contributed by atoms with E-state index in [4.69, 9.17) is 0 Å². The maximum atomic E-state index is 12.8. The third-order valence-corrected chi connectivity index (χ3v) is 6.52. The third kappa shape index (κ3) is 2.17. The fourth-order valence-corrected chi connectivity index (χ4v) is 4.88. The number of hydrogen-bond acceptors (Lipinski definition) is 4. The van der Waals surface area contributed by atoms with E-state index in [0.717, 1.165) is 22.8 Å². The van der Waals surface area contributed by atoms with Crippen LogP contribution < -0.4 is 0 Å². The average molecular weight is 313 g/mol. The normalized spacial score (nSPS) is 27.1. The molecule has 3 rings (SSSR count). The van der Waals surface area contributed by atoms with Crippen LogP contribution in [0.15, 0.2) is 11.1 Å². The van der Waals surface area contributed by atoms with Gasteiger partial charge < -0.3 is 5.11 Å². The molecule has 1 N–H and O–H groups in total. The molecule has 8 heteroatoms. The lowest BCUT2D eigenvalue weighted by Gasteiger charge is -2.29. The predicted octanol–water partition coefficient (Wildman–Crippen LogP) is 0.925. The Morgan fingerprint density at radius 3 is 2.71 bits per heavy atom. The molecule has 116 valence electrons. The molecule has 0 aromatic carbocycles. The van der Waals surface area contributed by atoms with Crippen molar-refractivity contribution < 1.29 is 18.3 Å². The fraction of sp³-hybridized carbons (Fsp3) is 0.692. The van der Waals surface area contributed by atoms with Crippen molar-refractivity contribution in [2.75, 3.05) is 6.54 Å². The van der Waals surface area contributed by atoms with Gasteiger partial charge in [0, 0.05) is 25.6 Å². The Bertz CT molecular complexity index is 692. The quantitative estimate of drug-likeness (QED) is 0.892. The summed E-state index contributed by atoms with van der Waals surface area (Å²) in [7, 11) is -2.26. The van der Waals surface area contributed by atoms with Crippen LogP contribution in [0.25, 0.3) is 0 Å². The minimum Gasteiger partial charge on any atom is -0.480 e. The van der Waals surface area contributed by atoms with Gasteiger partial charge in [0.25, 0.3) is 10.0 Å². The molecule has 1 aromatic rings. The minimum atomic E-state index is -3.85. The van der Waals surface area contributed by atoms with E-state index in [1.165, 1.54) is 11.6 Å². The second-order valence-corrected chi connectivity index (χ2v) is 7.87. The van der Waals surface area contributed by atoms with Gasteiger partial charge in [0.1, 0.15) is 5.54 Å². The van der Waals surface area contributed by atoms with Crippen molar-refractivity contribution in [3.63, 3.8) is 0 Å². The molecule has 0 bridgehead atoms. The number of carboxylic acids is 1. The molecule has 2 fully saturated rings. The molecular formula is C13H19N3O4S. The number of rotatable bonds is 4. The molecule has 0 amide bonds. The highest BCUT2D eigenvalue weighted by molar-refractivity contribution is 7.89. The van der Waals surface area contributed by atoms with Gasteiger partial charge in [-0.2, -0.15) is 9.40 Å². The summed E-state index contributed by atoms with van der Waals surface area (Å²) < 4.78 is 28.1. The summed E-state index contributed by atoms with van der Waals surface area (Å²) in [5.74, 6) is -0.752. The van der Waals surface area contributed by atoms with Crippen LogP contribution in [0.1, 0.15) is 44.2 Å². The zero-order valence-electron chi connectivity index (χ0n) is 12.1. The molecule has 0 unspecified atom stereocenters. The number of sulfonamides is 1. The van der Waals surface area contributed by atoms with Gasteiger partial charge in [-0.1, -0.05) is 0 Å². The Morgan fingerprint density at radius 2 is 2.14 bits per heavy atom. The van der Waals surface area contributed by atoms with Gasteiger partial charge in [0.2, 0.25) is 0 Å². The van der Waals surface area contributed by atoms with Gasteiger partial charge in [0.05, 0.1) is 5.69 Å². The van der Waals surface area contributed by atoms with E-state index >= 15 is 0 Å². The zero-order chi connectivity index (χ0) is 15.4. The number of hydrogen-bond donors (Lipinski definition) is 1. The number of aliphatic carboxylic acids is 1. The Labute approximate surface area is 123 Å². The Balaban J connectivity index is 2.02. The molecule has 1 aliphatic heterocycles. The van der Waals surface area contributed by atoms with Gasteiger partial charge in [0.15, 0.2) is 5.03 Å². The van der Waals surface area contributed by atoms with E-state index in [1.54, 1.807) is 13.1 Å². The van der Waals surface area contributed by atoms with E-state index in [9.17, 15) is 18.3 Å². The molecule has 1 saturated carbocycles. The maximum Gasteiger partial charge on any atom is 0.324 e. The molecule has 7 nitrogen and oxygen atoms in total. The summed E-state index contributed by atoms with van der Waals surface area (Å²) in [5, 5.41) is 13.7. The summed E-state index contributed by atoms with van der Waals surface area (Å²) in [6, 6.07) is 1.59. The molecule has 2 heterocycles. The third-order valence-electron chi connectivity index (χ3n) is 4.44. The number of aryl methyl sites for hydroxylation is 1. The summed E-state index contributed by atoms with van der Waals surface area (Å²) in [4.78, 5) is 11.5. The lowest BCUT2D eigenvalue weighted by atomic mass is 10.0. The van der Waals surface area contributed by atoms with Gasteiger partial charge in [-0.05, 0) is 32.6 Å². The molecule has 21 heavy (non-hydrogen) atoms. The van der Waals surface area contributed by atoms with Crippen LogP contribution in [0, 0.1) is 0 Å². The largest absolute Gasteiger partial charge is 0.480 e. The van der Waals surface area contributed by atoms with Crippen LogP contribution in [-0.4, -0.2) is 45.7 Å². The van der Waals surface area contributed by atoms with Gasteiger partial charge in [-0.25, -0.2) is 8.42 Å². The smallest absolute Gasteiger partial charge is 0.324 e. The SMILES string of the molecule is Cn1nc(C2CC2)cc1S(=O)(=O)N1CCC[C@@]1(C)C(=O)O. The first-order chi connectivity index (χ1) is 9.76. The van der Waals surface area contributed by atoms with Crippen LogP contribution >= 0.6 is 0 Å². The summed E-state index contributed by atoms with van der Waals surface area (Å²) in [6.07, 6.45) is 2.95. The molecule has 0 spiro atoms. The zero-order valence-corrected chi connectivity index (χ0v) is 12.9. The van der Waals surface area contributed by atoms with Gasteiger partial charge in [-0.15, -0.1) is 0 Å². The predicted molar refractivity (Wildman–Crippen MR) is 74.3 cm³/mol. The van der Waals surface area contributed by atoms with E-state index in [2.05, 4.69) is 5.10 Å². The van der Waals surface area contributed by atoms with E-state index in [-0.39, 0.29) is 11.6 Å². The second-order valence-electron chi connectivity index (χ2n) is 6.07. The Hall–Kier alpha value is -1.41. The van der Waals surface area contributed by atoms with Crippen molar-refractivity contribution in [2.24, 2.45) is 7.05 Å². The second kappa shape index (κ2) is 4.54. The molecule has 1 aliphatic carbocycles. The van der Waals surface area contributed by atoms with Gasteiger partial charge >= 0.3 is 5.97 Å². The number of nitrogens with zero attached hydrogens (tertiary/aromatic N) is 3. The minimum absolute atomic E-state index is 0.0822. The van der Waals surface area contributed by atoms with E-state index in [1.807, 2.05) is 0 Å². The number of carboxylic acid groups (broad SMARTS) is 1. The summed E-state index contributed by atoms with van der Waals surface area (Å²) in [6.45, 7) is 1.70. The van der Waals surface area contributed by atoms with Crippen molar-refractivity contribution in [1.29, 1.82) is 0 Å². The lowest BCUT2D eigenvalue weighted by Crippen LogP contribution is -2.50. The standard InChI is InChI=1S/C13H19N3O4S/c1-13(12(17)18)6-3-7-16(13)21(19,20)11-8-10(9-4-5-9)14-15(11)2/h8-9H,3-7H2,1-2H3,(H,17,18)/t13-/m0/s1. The Kier molecular flexibility index (Phi) is 3.14. The van der Waals surface area contributed by atoms with Crippen LogP contribution in [0.3, 0.4) is 0 Å². The van der Waals surface area contributed by atoms with Crippen LogP contribution in [-0.2, 0) is 21.9 Å². The monoisotopic (exact) mass is 313 g/mol. The molecule has 2 aliphatic rings. The molecule has 1 saturated heterocycles. The van der Waals surface area contributed by atoms with E-state index in [0.29, 0.717) is 18.8 Å². The molecule has 0 radical (unpaired) electrons. The maximum absolute atomic E-state index is 12.8. The van der Waals surface area contributed by atoms with Crippen LogP contribution in [0.5, 0.6) is 0 Å². The van der Waals surface area contributed by atoms with Gasteiger partial charge in [-0.3, -0.25) is 9.48 Å². The van der Waals surface area contributed by atoms with Crippen molar-refractivity contribution >= 4 is 16.0 Å².